The summed E-state index contributed by atoms with van der Waals surface area (Å²) in [6, 6.07) is 8.51. The van der Waals surface area contributed by atoms with Gasteiger partial charge in [-0.2, -0.15) is 0 Å². The number of benzene rings is 1. The highest BCUT2D eigenvalue weighted by atomic mass is 79.9. The van der Waals surface area contributed by atoms with Crippen LogP contribution in [0, 0.1) is 17.8 Å². The zero-order chi connectivity index (χ0) is 19.8. The Hall–Kier alpha value is -0.870. The number of carbonyl (C=O) groups excluding carboxylic acids is 1. The van der Waals surface area contributed by atoms with Crippen molar-refractivity contribution < 1.29 is 9.53 Å². The summed E-state index contributed by atoms with van der Waals surface area (Å²) in [5, 5.41) is 3.43. The van der Waals surface area contributed by atoms with Crippen LogP contribution in [0.1, 0.15) is 65.9 Å². The minimum atomic E-state index is -0.273. The molecule has 2 fully saturated rings. The molecule has 5 atom stereocenters. The molecule has 0 radical (unpaired) electrons. The van der Waals surface area contributed by atoms with Crippen LogP contribution in [0.25, 0.3) is 0 Å². The molecule has 3 nitrogen and oxygen atoms in total. The first-order chi connectivity index (χ1) is 12.6. The van der Waals surface area contributed by atoms with Gasteiger partial charge in [-0.15, -0.1) is 0 Å². The first kappa shape index (κ1) is 20.9. The molecule has 0 bridgehead atoms. The number of hydrogen-bond acceptors (Lipinski definition) is 2. The summed E-state index contributed by atoms with van der Waals surface area (Å²) in [6.45, 7) is 10.7. The second-order valence-corrected chi connectivity index (χ2v) is 10.6. The SMILES string of the molecule is CC(C)C(=O)N[C@]1(C)C[C@](C)(Cc2ccc(Br)cc2)O[C@@H]2C[C@H](C)CC[C@H]21. The molecule has 3 rings (SSSR count). The summed E-state index contributed by atoms with van der Waals surface area (Å²) in [7, 11) is 0. The fourth-order valence-corrected chi connectivity index (χ4v) is 5.47. The van der Waals surface area contributed by atoms with E-state index in [1.165, 1.54) is 12.0 Å². The highest BCUT2D eigenvalue weighted by molar-refractivity contribution is 9.10. The number of rotatable bonds is 4. The fourth-order valence-electron chi connectivity index (χ4n) is 5.20. The van der Waals surface area contributed by atoms with Gasteiger partial charge in [0, 0.05) is 28.3 Å². The summed E-state index contributed by atoms with van der Waals surface area (Å²) < 4.78 is 7.85. The van der Waals surface area contributed by atoms with Crippen LogP contribution in [0.5, 0.6) is 0 Å². The number of nitrogens with one attached hydrogen (secondary N) is 1. The third-order valence-corrected chi connectivity index (χ3v) is 7.00. The Labute approximate surface area is 172 Å². The topological polar surface area (TPSA) is 38.3 Å². The van der Waals surface area contributed by atoms with E-state index in [1.807, 2.05) is 13.8 Å². The van der Waals surface area contributed by atoms with E-state index in [2.05, 4.69) is 66.3 Å². The van der Waals surface area contributed by atoms with Crippen molar-refractivity contribution in [3.05, 3.63) is 34.3 Å². The molecule has 1 aliphatic carbocycles. The number of fused-ring (bicyclic) bond motifs is 1. The van der Waals surface area contributed by atoms with Crippen molar-refractivity contribution in [2.24, 2.45) is 17.8 Å². The molecule has 1 aromatic rings. The second-order valence-electron chi connectivity index (χ2n) is 9.67. The van der Waals surface area contributed by atoms with E-state index in [4.69, 9.17) is 4.74 Å². The summed E-state index contributed by atoms with van der Waals surface area (Å²) in [5.41, 5.74) is 0.792. The van der Waals surface area contributed by atoms with Gasteiger partial charge in [0.1, 0.15) is 0 Å². The summed E-state index contributed by atoms with van der Waals surface area (Å²) in [6.07, 6.45) is 5.39. The van der Waals surface area contributed by atoms with Gasteiger partial charge >= 0.3 is 0 Å². The smallest absolute Gasteiger partial charge is 0.222 e. The van der Waals surface area contributed by atoms with Crippen molar-refractivity contribution in [1.29, 1.82) is 0 Å². The van der Waals surface area contributed by atoms with Gasteiger partial charge in [0.05, 0.1) is 11.7 Å². The Morgan fingerprint density at radius 3 is 2.56 bits per heavy atom. The quantitative estimate of drug-likeness (QED) is 0.676. The normalized spacial score (nSPS) is 36.3. The van der Waals surface area contributed by atoms with Crippen LogP contribution in [-0.4, -0.2) is 23.2 Å². The van der Waals surface area contributed by atoms with Gasteiger partial charge in [-0.25, -0.2) is 0 Å². The predicted molar refractivity (Wildman–Crippen MR) is 114 cm³/mol. The highest BCUT2D eigenvalue weighted by Crippen LogP contribution is 2.48. The van der Waals surface area contributed by atoms with E-state index >= 15 is 0 Å². The van der Waals surface area contributed by atoms with Crippen LogP contribution in [0.2, 0.25) is 0 Å². The van der Waals surface area contributed by atoms with Gasteiger partial charge in [0.2, 0.25) is 5.91 Å². The van der Waals surface area contributed by atoms with E-state index < -0.39 is 0 Å². The fraction of sp³-hybridized carbons (Fsp3) is 0.696. The average molecular weight is 436 g/mol. The Balaban J connectivity index is 1.87. The molecule has 27 heavy (non-hydrogen) atoms. The number of hydrogen-bond donors (Lipinski definition) is 1. The van der Waals surface area contributed by atoms with Gasteiger partial charge in [0.25, 0.3) is 0 Å². The molecule has 0 unspecified atom stereocenters. The average Bonchev–Trinajstić information content (AvgIpc) is 2.55. The lowest BCUT2D eigenvalue weighted by molar-refractivity contribution is -0.193. The molecular weight excluding hydrogens is 402 g/mol. The van der Waals surface area contributed by atoms with Crippen molar-refractivity contribution in [3.63, 3.8) is 0 Å². The van der Waals surface area contributed by atoms with Gasteiger partial charge in [-0.05, 0) is 56.7 Å². The van der Waals surface area contributed by atoms with Crippen LogP contribution in [0.3, 0.4) is 0 Å². The summed E-state index contributed by atoms with van der Waals surface area (Å²) in [5.74, 6) is 1.24. The van der Waals surface area contributed by atoms with Crippen molar-refractivity contribution in [2.45, 2.75) is 84.0 Å². The molecule has 1 saturated carbocycles. The molecular formula is C23H34BrNO2. The van der Waals surface area contributed by atoms with E-state index in [0.29, 0.717) is 11.8 Å². The summed E-state index contributed by atoms with van der Waals surface area (Å²) >= 11 is 3.52. The zero-order valence-electron chi connectivity index (χ0n) is 17.3. The molecule has 1 aliphatic heterocycles. The minimum Gasteiger partial charge on any atom is -0.371 e. The lowest BCUT2D eigenvalue weighted by atomic mass is 9.64. The van der Waals surface area contributed by atoms with Crippen LogP contribution in [-0.2, 0) is 16.0 Å². The van der Waals surface area contributed by atoms with Crippen LogP contribution in [0.4, 0.5) is 0 Å². The van der Waals surface area contributed by atoms with E-state index in [0.717, 1.165) is 30.2 Å². The van der Waals surface area contributed by atoms with Crippen LogP contribution >= 0.6 is 15.9 Å². The lowest BCUT2D eigenvalue weighted by Crippen LogP contribution is -2.65. The predicted octanol–water partition coefficient (Wildman–Crippen LogP) is 5.51. The highest BCUT2D eigenvalue weighted by Gasteiger charge is 2.53. The molecule has 150 valence electrons. The molecule has 0 aromatic heterocycles. The number of amides is 1. The molecule has 2 aliphatic rings. The third kappa shape index (κ3) is 4.76. The minimum absolute atomic E-state index is 0.00311. The lowest BCUT2D eigenvalue weighted by Gasteiger charge is -2.56. The zero-order valence-corrected chi connectivity index (χ0v) is 18.9. The largest absolute Gasteiger partial charge is 0.371 e. The molecule has 0 spiro atoms. The molecule has 1 N–H and O–H groups in total. The standard InChI is InChI=1S/C23H34BrNO2/c1-15(2)21(26)25-23(5)14-22(4,13-17-7-9-18(24)10-8-17)27-20-12-16(3)6-11-19(20)23/h7-10,15-16,19-20H,6,11-14H2,1-5H3,(H,25,26)/t16-,19-,20-,22+,23-/m1/s1. The number of carbonyl (C=O) groups is 1. The third-order valence-electron chi connectivity index (χ3n) is 6.47. The van der Waals surface area contributed by atoms with Crippen molar-refractivity contribution in [2.75, 3.05) is 0 Å². The molecule has 1 saturated heterocycles. The van der Waals surface area contributed by atoms with Gasteiger partial charge in [-0.1, -0.05) is 55.3 Å². The van der Waals surface area contributed by atoms with Gasteiger partial charge < -0.3 is 10.1 Å². The Bertz CT molecular complexity index is 673. The molecule has 4 heteroatoms. The van der Waals surface area contributed by atoms with Crippen LogP contribution < -0.4 is 5.32 Å². The maximum absolute atomic E-state index is 12.6. The first-order valence-corrected chi connectivity index (χ1v) is 11.1. The maximum Gasteiger partial charge on any atom is 0.222 e. The summed E-state index contributed by atoms with van der Waals surface area (Å²) in [4.78, 5) is 12.6. The maximum atomic E-state index is 12.6. The second kappa shape index (κ2) is 7.87. The first-order valence-electron chi connectivity index (χ1n) is 10.3. The molecule has 1 heterocycles. The Morgan fingerprint density at radius 1 is 1.26 bits per heavy atom. The van der Waals surface area contributed by atoms with Gasteiger partial charge in [0.15, 0.2) is 0 Å². The number of halogens is 1. The van der Waals surface area contributed by atoms with E-state index in [9.17, 15) is 4.79 Å². The Kier molecular flexibility index (Phi) is 6.08. The van der Waals surface area contributed by atoms with E-state index in [-0.39, 0.29) is 29.1 Å². The number of ether oxygens (including phenoxy) is 1. The van der Waals surface area contributed by atoms with Crippen molar-refractivity contribution in [3.8, 4) is 0 Å². The molecule has 1 amide bonds. The molecule has 1 aromatic carbocycles. The van der Waals surface area contributed by atoms with Crippen molar-refractivity contribution >= 4 is 21.8 Å². The monoisotopic (exact) mass is 435 g/mol. The van der Waals surface area contributed by atoms with E-state index in [1.54, 1.807) is 0 Å². The van der Waals surface area contributed by atoms with Crippen molar-refractivity contribution in [1.82, 2.24) is 5.32 Å². The van der Waals surface area contributed by atoms with Gasteiger partial charge in [-0.3, -0.25) is 4.79 Å². The van der Waals surface area contributed by atoms with Crippen LogP contribution in [0.15, 0.2) is 28.7 Å². The Morgan fingerprint density at radius 2 is 1.93 bits per heavy atom.